The second kappa shape index (κ2) is 7.64. The Morgan fingerprint density at radius 2 is 1.62 bits per heavy atom. The van der Waals surface area contributed by atoms with Crippen LogP contribution in [0.3, 0.4) is 0 Å². The second-order valence-electron chi connectivity index (χ2n) is 6.00. The molecular weight excluding hydrogens is 306 g/mol. The van der Waals surface area contributed by atoms with Crippen LogP contribution in [0.2, 0.25) is 0 Å². The van der Waals surface area contributed by atoms with Gasteiger partial charge < -0.3 is 15.2 Å². The largest absolute Gasteiger partial charge is 0.478 e. The van der Waals surface area contributed by atoms with Crippen LogP contribution in [-0.4, -0.2) is 22.6 Å². The Hall–Kier alpha value is -2.82. The van der Waals surface area contributed by atoms with Gasteiger partial charge in [-0.2, -0.15) is 0 Å². The van der Waals surface area contributed by atoms with E-state index in [0.717, 1.165) is 11.1 Å². The molecule has 126 valence electrons. The summed E-state index contributed by atoms with van der Waals surface area (Å²) in [6.07, 6.45) is 0.259. The van der Waals surface area contributed by atoms with E-state index in [2.05, 4.69) is 5.32 Å². The van der Waals surface area contributed by atoms with Crippen LogP contribution in [0.4, 0.5) is 0 Å². The lowest BCUT2D eigenvalue weighted by Gasteiger charge is -2.21. The lowest BCUT2D eigenvalue weighted by atomic mass is 10.1. The summed E-state index contributed by atoms with van der Waals surface area (Å²) in [5, 5.41) is 11.9. The van der Waals surface area contributed by atoms with Crippen molar-refractivity contribution >= 4 is 11.9 Å². The van der Waals surface area contributed by atoms with Crippen molar-refractivity contribution in [2.45, 2.75) is 32.4 Å². The number of hydrogen-bond donors (Lipinski definition) is 2. The van der Waals surface area contributed by atoms with Gasteiger partial charge in [-0.3, -0.25) is 4.79 Å². The summed E-state index contributed by atoms with van der Waals surface area (Å²) >= 11 is 0. The zero-order valence-electron chi connectivity index (χ0n) is 13.8. The number of carbonyl (C=O) groups excluding carboxylic acids is 1. The molecular formula is C19H21NO4. The molecule has 2 aromatic carbocycles. The van der Waals surface area contributed by atoms with E-state index in [1.165, 1.54) is 13.8 Å². The maximum atomic E-state index is 12.0. The minimum absolute atomic E-state index is 0.0709. The normalized spacial score (nSPS) is 10.9. The summed E-state index contributed by atoms with van der Waals surface area (Å²) in [6, 6.07) is 16.6. The van der Waals surface area contributed by atoms with Crippen LogP contribution in [0.1, 0.15) is 25.0 Å². The Kier molecular flexibility index (Phi) is 5.58. The summed E-state index contributed by atoms with van der Waals surface area (Å²) in [5.41, 5.74) is 0.584. The zero-order chi connectivity index (χ0) is 17.6. The summed E-state index contributed by atoms with van der Waals surface area (Å²) in [4.78, 5) is 23.0. The minimum atomic E-state index is -1.30. The number of ether oxygens (including phenoxy) is 1. The highest BCUT2D eigenvalue weighted by Gasteiger charge is 2.29. The molecule has 2 N–H and O–H groups in total. The number of carbonyl (C=O) groups is 2. The van der Waals surface area contributed by atoms with E-state index < -0.39 is 11.6 Å². The number of carboxylic acid groups (broad SMARTS) is 1. The van der Waals surface area contributed by atoms with E-state index in [1.54, 1.807) is 24.3 Å². The van der Waals surface area contributed by atoms with Crippen molar-refractivity contribution in [2.75, 3.05) is 0 Å². The second-order valence-corrected chi connectivity index (χ2v) is 6.00. The van der Waals surface area contributed by atoms with Crippen molar-refractivity contribution in [3.8, 4) is 5.75 Å². The van der Waals surface area contributed by atoms with E-state index >= 15 is 0 Å². The number of benzene rings is 2. The molecule has 0 heterocycles. The van der Waals surface area contributed by atoms with Crippen molar-refractivity contribution in [1.29, 1.82) is 0 Å². The maximum absolute atomic E-state index is 12.0. The van der Waals surface area contributed by atoms with Crippen molar-refractivity contribution in [2.24, 2.45) is 0 Å². The Labute approximate surface area is 141 Å². The number of amides is 1. The quantitative estimate of drug-likeness (QED) is 0.820. The van der Waals surface area contributed by atoms with Crippen molar-refractivity contribution in [3.05, 3.63) is 65.7 Å². The van der Waals surface area contributed by atoms with Crippen LogP contribution in [0, 0.1) is 0 Å². The summed E-state index contributed by atoms with van der Waals surface area (Å²) in [6.45, 7) is 3.47. The summed E-state index contributed by atoms with van der Waals surface area (Å²) < 4.78 is 5.43. The smallest absolute Gasteiger partial charge is 0.347 e. The Bertz CT molecular complexity index is 693. The number of rotatable bonds is 7. The number of hydrogen-bond acceptors (Lipinski definition) is 3. The molecule has 0 aliphatic heterocycles. The van der Waals surface area contributed by atoms with Gasteiger partial charge in [0.25, 0.3) is 0 Å². The number of carboxylic acids is 1. The van der Waals surface area contributed by atoms with Crippen molar-refractivity contribution < 1.29 is 19.4 Å². The Morgan fingerprint density at radius 3 is 2.21 bits per heavy atom. The highest BCUT2D eigenvalue weighted by Crippen LogP contribution is 2.19. The minimum Gasteiger partial charge on any atom is -0.478 e. The molecule has 0 aromatic heterocycles. The van der Waals surface area contributed by atoms with Crippen molar-refractivity contribution in [3.63, 3.8) is 0 Å². The molecule has 0 fully saturated rings. The molecule has 0 saturated heterocycles. The highest BCUT2D eigenvalue weighted by molar-refractivity contribution is 5.78. The van der Waals surface area contributed by atoms with Gasteiger partial charge in [-0.15, -0.1) is 0 Å². The van der Waals surface area contributed by atoms with Gasteiger partial charge in [-0.25, -0.2) is 4.79 Å². The van der Waals surface area contributed by atoms with Crippen LogP contribution in [0.5, 0.6) is 5.75 Å². The lowest BCUT2D eigenvalue weighted by Crippen LogP contribution is -2.37. The molecule has 1 amide bonds. The third-order valence-electron chi connectivity index (χ3n) is 3.51. The van der Waals surface area contributed by atoms with Crippen LogP contribution in [0.15, 0.2) is 54.6 Å². The van der Waals surface area contributed by atoms with Gasteiger partial charge in [0, 0.05) is 6.54 Å². The van der Waals surface area contributed by atoms with Gasteiger partial charge in [-0.05, 0) is 37.1 Å². The first-order valence-corrected chi connectivity index (χ1v) is 7.69. The van der Waals surface area contributed by atoms with Crippen LogP contribution < -0.4 is 10.1 Å². The summed E-state index contributed by atoms with van der Waals surface area (Å²) in [5.74, 6) is -0.652. The summed E-state index contributed by atoms with van der Waals surface area (Å²) in [7, 11) is 0. The standard InChI is InChI=1S/C19H21NO4/c1-19(2,18(22)23)24-16-10-8-14(9-11-16)12-17(21)20-13-15-6-4-3-5-7-15/h3-11H,12-13H2,1-2H3,(H,20,21)(H,22,23). The maximum Gasteiger partial charge on any atom is 0.347 e. The average Bonchev–Trinajstić information content (AvgIpc) is 2.55. The predicted molar refractivity (Wildman–Crippen MR) is 90.8 cm³/mol. The molecule has 2 rings (SSSR count). The van der Waals surface area contributed by atoms with Gasteiger partial charge in [0.05, 0.1) is 6.42 Å². The van der Waals surface area contributed by atoms with Gasteiger partial charge >= 0.3 is 5.97 Å². The monoisotopic (exact) mass is 327 g/mol. The van der Waals surface area contributed by atoms with E-state index in [4.69, 9.17) is 9.84 Å². The van der Waals surface area contributed by atoms with Gasteiger partial charge in [0.1, 0.15) is 5.75 Å². The topological polar surface area (TPSA) is 75.6 Å². The van der Waals surface area contributed by atoms with E-state index in [1.807, 2.05) is 30.3 Å². The lowest BCUT2D eigenvalue weighted by molar-refractivity contribution is -0.152. The third kappa shape index (κ3) is 5.12. The molecule has 0 radical (unpaired) electrons. The molecule has 0 saturated carbocycles. The van der Waals surface area contributed by atoms with Gasteiger partial charge in [-0.1, -0.05) is 42.5 Å². The fourth-order valence-electron chi connectivity index (χ4n) is 2.06. The number of nitrogens with one attached hydrogen (secondary N) is 1. The highest BCUT2D eigenvalue weighted by atomic mass is 16.5. The SMILES string of the molecule is CC(C)(Oc1ccc(CC(=O)NCc2ccccc2)cc1)C(=O)O. The zero-order valence-corrected chi connectivity index (χ0v) is 13.8. The van der Waals surface area contributed by atoms with E-state index in [0.29, 0.717) is 12.3 Å². The molecule has 0 aliphatic rings. The first-order chi connectivity index (χ1) is 11.4. The molecule has 5 nitrogen and oxygen atoms in total. The molecule has 0 atom stereocenters. The number of aliphatic carboxylic acids is 1. The van der Waals surface area contributed by atoms with Crippen LogP contribution in [-0.2, 0) is 22.6 Å². The van der Waals surface area contributed by atoms with E-state index in [-0.39, 0.29) is 12.3 Å². The first-order valence-electron chi connectivity index (χ1n) is 7.69. The molecule has 24 heavy (non-hydrogen) atoms. The fourth-order valence-corrected chi connectivity index (χ4v) is 2.06. The van der Waals surface area contributed by atoms with Crippen molar-refractivity contribution in [1.82, 2.24) is 5.32 Å². The third-order valence-corrected chi connectivity index (χ3v) is 3.51. The van der Waals surface area contributed by atoms with Gasteiger partial charge in [0.15, 0.2) is 5.60 Å². The Morgan fingerprint density at radius 1 is 1.00 bits per heavy atom. The van der Waals surface area contributed by atoms with Crippen LogP contribution in [0.25, 0.3) is 0 Å². The average molecular weight is 327 g/mol. The molecule has 0 aliphatic carbocycles. The molecule has 0 spiro atoms. The molecule has 2 aromatic rings. The molecule has 0 bridgehead atoms. The molecule has 0 unspecified atom stereocenters. The predicted octanol–water partition coefficient (Wildman–Crippen LogP) is 2.79. The van der Waals surface area contributed by atoms with Gasteiger partial charge in [0.2, 0.25) is 5.91 Å². The fraction of sp³-hybridized carbons (Fsp3) is 0.263. The Balaban J connectivity index is 1.87. The first kappa shape index (κ1) is 17.5. The molecule has 5 heteroatoms. The van der Waals surface area contributed by atoms with E-state index in [9.17, 15) is 9.59 Å². The van der Waals surface area contributed by atoms with Crippen LogP contribution >= 0.6 is 0 Å².